The summed E-state index contributed by atoms with van der Waals surface area (Å²) in [6, 6.07) is 2.95. The predicted molar refractivity (Wildman–Crippen MR) is 74.5 cm³/mol. The van der Waals surface area contributed by atoms with Crippen LogP contribution < -0.4 is 5.73 Å². The van der Waals surface area contributed by atoms with Crippen molar-refractivity contribution in [1.82, 2.24) is 5.06 Å². The molecule has 0 spiro atoms. The molecule has 1 heterocycles. The number of hydrogen-bond donors (Lipinski definition) is 1. The van der Waals surface area contributed by atoms with Crippen molar-refractivity contribution in [2.75, 3.05) is 6.61 Å². The summed E-state index contributed by atoms with van der Waals surface area (Å²) in [4.78, 5) is 17.6. The normalized spacial score (nSPS) is 28.0. The van der Waals surface area contributed by atoms with Gasteiger partial charge in [0, 0.05) is 24.4 Å². The summed E-state index contributed by atoms with van der Waals surface area (Å²) in [6.07, 6.45) is 1.82. The van der Waals surface area contributed by atoms with Crippen LogP contribution in [0.25, 0.3) is 0 Å². The van der Waals surface area contributed by atoms with E-state index in [1.807, 2.05) is 0 Å². The van der Waals surface area contributed by atoms with E-state index < -0.39 is 17.7 Å². The Kier molecular flexibility index (Phi) is 4.81. The minimum Gasteiger partial charge on any atom is -0.328 e. The lowest BCUT2D eigenvalue weighted by atomic mass is 9.80. The van der Waals surface area contributed by atoms with Crippen molar-refractivity contribution in [3.05, 3.63) is 35.4 Å². The number of hydrogen-bond acceptors (Lipinski definition) is 3. The van der Waals surface area contributed by atoms with E-state index in [1.165, 1.54) is 17.2 Å². The van der Waals surface area contributed by atoms with Gasteiger partial charge in [-0.05, 0) is 30.5 Å². The second-order valence-electron chi connectivity index (χ2n) is 5.43. The van der Waals surface area contributed by atoms with E-state index in [0.717, 1.165) is 6.07 Å². The Labute approximate surface area is 127 Å². The molecule has 0 aromatic heterocycles. The molecule has 21 heavy (non-hydrogen) atoms. The first kappa shape index (κ1) is 16.1. The molecule has 3 rings (SSSR count). The minimum absolute atomic E-state index is 0. The number of carbonyl (C=O) groups excluding carboxylic acids is 1. The first-order valence-corrected chi connectivity index (χ1v) is 6.72. The molecule has 1 saturated heterocycles. The number of amides is 1. The van der Waals surface area contributed by atoms with Gasteiger partial charge < -0.3 is 5.73 Å². The van der Waals surface area contributed by atoms with Gasteiger partial charge in [0.05, 0.1) is 12.6 Å². The molecule has 7 heteroatoms. The Bertz CT molecular complexity index is 517. The fourth-order valence-corrected chi connectivity index (χ4v) is 2.80. The van der Waals surface area contributed by atoms with E-state index >= 15 is 0 Å². The summed E-state index contributed by atoms with van der Waals surface area (Å²) in [6.45, 7) is 0.368. The van der Waals surface area contributed by atoms with Crippen LogP contribution in [0.5, 0.6) is 0 Å². The second kappa shape index (κ2) is 6.25. The van der Waals surface area contributed by atoms with Gasteiger partial charge >= 0.3 is 0 Å². The molecule has 1 amide bonds. The molecule has 0 radical (unpaired) electrons. The molecule has 1 aliphatic carbocycles. The van der Waals surface area contributed by atoms with Gasteiger partial charge in [0.15, 0.2) is 0 Å². The molecule has 4 nitrogen and oxygen atoms in total. The third-order valence-corrected chi connectivity index (χ3v) is 3.92. The maximum Gasteiger partial charge on any atom is 0.249 e. The number of rotatable bonds is 2. The molecular formula is C14H17ClF2N2O2. The maximum absolute atomic E-state index is 13.3. The Morgan fingerprint density at radius 1 is 1.24 bits per heavy atom. The summed E-state index contributed by atoms with van der Waals surface area (Å²) in [5, 5.41) is 1.27. The number of nitrogens with two attached hydrogens (primary N) is 1. The van der Waals surface area contributed by atoms with E-state index in [2.05, 4.69) is 0 Å². The highest BCUT2D eigenvalue weighted by Crippen LogP contribution is 2.36. The van der Waals surface area contributed by atoms with Crippen LogP contribution in [0.2, 0.25) is 0 Å². The quantitative estimate of drug-likeness (QED) is 0.910. The predicted octanol–water partition coefficient (Wildman–Crippen LogP) is 2.33. The van der Waals surface area contributed by atoms with E-state index in [-0.39, 0.29) is 30.3 Å². The van der Waals surface area contributed by atoms with Crippen molar-refractivity contribution in [3.8, 4) is 0 Å². The lowest BCUT2D eigenvalue weighted by molar-refractivity contribution is -0.185. The van der Waals surface area contributed by atoms with Crippen molar-refractivity contribution < 1.29 is 18.4 Å². The Morgan fingerprint density at radius 2 is 1.86 bits per heavy atom. The van der Waals surface area contributed by atoms with Crippen molar-refractivity contribution in [2.45, 2.75) is 31.3 Å². The van der Waals surface area contributed by atoms with Crippen LogP contribution in [-0.2, 0) is 9.63 Å². The van der Waals surface area contributed by atoms with Crippen LogP contribution in [0.15, 0.2) is 18.2 Å². The molecular weight excluding hydrogens is 302 g/mol. The Balaban J connectivity index is 0.00000161. The van der Waals surface area contributed by atoms with Gasteiger partial charge in [0.1, 0.15) is 11.6 Å². The van der Waals surface area contributed by atoms with Crippen LogP contribution in [0, 0.1) is 17.6 Å². The Hall–Kier alpha value is -1.24. The van der Waals surface area contributed by atoms with Crippen LogP contribution in [-0.4, -0.2) is 23.6 Å². The summed E-state index contributed by atoms with van der Waals surface area (Å²) in [5.74, 6) is -1.57. The zero-order valence-corrected chi connectivity index (χ0v) is 12.1. The lowest BCUT2D eigenvalue weighted by Crippen LogP contribution is -2.46. The summed E-state index contributed by atoms with van der Waals surface area (Å²) in [7, 11) is 0. The van der Waals surface area contributed by atoms with Crippen LogP contribution >= 0.6 is 12.4 Å². The van der Waals surface area contributed by atoms with Gasteiger partial charge in [-0.15, -0.1) is 12.4 Å². The number of carbonyl (C=O) groups is 1. The molecule has 1 aliphatic heterocycles. The first-order valence-electron chi connectivity index (χ1n) is 6.72. The molecule has 0 unspecified atom stereocenters. The van der Waals surface area contributed by atoms with E-state index in [0.29, 0.717) is 31.4 Å². The molecule has 1 aromatic carbocycles. The van der Waals surface area contributed by atoms with E-state index in [4.69, 9.17) is 10.6 Å². The molecule has 2 fully saturated rings. The number of nitrogens with zero attached hydrogens (tertiary/aromatic N) is 1. The van der Waals surface area contributed by atoms with E-state index in [1.54, 1.807) is 0 Å². The zero-order chi connectivity index (χ0) is 14.3. The largest absolute Gasteiger partial charge is 0.328 e. The van der Waals surface area contributed by atoms with Crippen molar-refractivity contribution >= 4 is 18.3 Å². The third-order valence-electron chi connectivity index (χ3n) is 3.92. The topological polar surface area (TPSA) is 55.6 Å². The van der Waals surface area contributed by atoms with Gasteiger partial charge in [-0.2, -0.15) is 0 Å². The highest BCUT2D eigenvalue weighted by Gasteiger charge is 2.40. The van der Waals surface area contributed by atoms with Crippen LogP contribution in [0.4, 0.5) is 8.78 Å². The number of hydroxylamine groups is 2. The number of benzene rings is 1. The average molecular weight is 319 g/mol. The summed E-state index contributed by atoms with van der Waals surface area (Å²) >= 11 is 0. The van der Waals surface area contributed by atoms with Crippen molar-refractivity contribution in [2.24, 2.45) is 11.7 Å². The summed E-state index contributed by atoms with van der Waals surface area (Å²) < 4.78 is 26.6. The molecule has 0 bridgehead atoms. The van der Waals surface area contributed by atoms with E-state index in [9.17, 15) is 13.6 Å². The maximum atomic E-state index is 13.3. The average Bonchev–Trinajstić information content (AvgIpc) is 2.82. The monoisotopic (exact) mass is 318 g/mol. The lowest BCUT2D eigenvalue weighted by Gasteiger charge is -2.35. The fourth-order valence-electron chi connectivity index (χ4n) is 2.80. The molecule has 1 atom stereocenters. The third kappa shape index (κ3) is 3.17. The number of halogens is 3. The summed E-state index contributed by atoms with van der Waals surface area (Å²) in [5.41, 5.74) is 6.11. The van der Waals surface area contributed by atoms with Gasteiger partial charge in [-0.1, -0.05) is 0 Å². The van der Waals surface area contributed by atoms with Gasteiger partial charge in [0.2, 0.25) is 5.91 Å². The van der Waals surface area contributed by atoms with Crippen LogP contribution in [0.1, 0.15) is 30.9 Å². The molecule has 2 N–H and O–H groups in total. The SMILES string of the molecule is Cl.NC1CC(C(=O)N2OCC[C@H]2c2cc(F)cc(F)c2)C1. The van der Waals surface area contributed by atoms with Gasteiger partial charge in [-0.25, -0.2) is 13.8 Å². The first-order chi connectivity index (χ1) is 9.54. The fraction of sp³-hybridized carbons (Fsp3) is 0.500. The van der Waals surface area contributed by atoms with Gasteiger partial charge in [0.25, 0.3) is 0 Å². The van der Waals surface area contributed by atoms with Crippen LogP contribution in [0.3, 0.4) is 0 Å². The van der Waals surface area contributed by atoms with Gasteiger partial charge in [-0.3, -0.25) is 9.63 Å². The smallest absolute Gasteiger partial charge is 0.249 e. The highest BCUT2D eigenvalue weighted by molar-refractivity contribution is 5.85. The van der Waals surface area contributed by atoms with Crippen molar-refractivity contribution in [3.63, 3.8) is 0 Å². The molecule has 1 aromatic rings. The molecule has 1 saturated carbocycles. The molecule has 2 aliphatic rings. The minimum atomic E-state index is -0.648. The second-order valence-corrected chi connectivity index (χ2v) is 5.43. The zero-order valence-electron chi connectivity index (χ0n) is 11.3. The van der Waals surface area contributed by atoms with Crippen molar-refractivity contribution in [1.29, 1.82) is 0 Å². The Morgan fingerprint density at radius 3 is 2.43 bits per heavy atom. The molecule has 116 valence electrons. The standard InChI is InChI=1S/C14H16F2N2O2.ClH/c15-10-3-8(4-11(16)7-10)13-1-2-20-18(13)14(19)9-5-12(17)6-9;/h3-4,7,9,12-13H,1-2,5-6,17H2;1H/t9?,12?,13-;/m0./s1. The highest BCUT2D eigenvalue weighted by atomic mass is 35.5.